The van der Waals surface area contributed by atoms with Crippen LogP contribution in [0.4, 0.5) is 0 Å². The van der Waals surface area contributed by atoms with E-state index in [0.29, 0.717) is 12.2 Å². The molecule has 23 heavy (non-hydrogen) atoms. The summed E-state index contributed by atoms with van der Waals surface area (Å²) in [7, 11) is 0. The number of carbonyl (C=O) groups is 2. The zero-order chi connectivity index (χ0) is 17.6. The Morgan fingerprint density at radius 1 is 0.870 bits per heavy atom. The van der Waals surface area contributed by atoms with Gasteiger partial charge < -0.3 is 5.11 Å². The van der Waals surface area contributed by atoms with Crippen LogP contribution in [0.2, 0.25) is 0 Å². The molecule has 1 atom stereocenters. The molecule has 0 rings (SSSR count). The summed E-state index contributed by atoms with van der Waals surface area (Å²) in [6.45, 7) is 4.10. The number of aliphatic carboxylic acids is 1. The average Bonchev–Trinajstić information content (AvgIpc) is 2.52. The lowest BCUT2D eigenvalue weighted by molar-refractivity contribution is -0.142. The second kappa shape index (κ2) is 14.2. The van der Waals surface area contributed by atoms with Crippen LogP contribution in [0.3, 0.4) is 0 Å². The van der Waals surface area contributed by atoms with Gasteiger partial charge in [-0.2, -0.15) is 12.6 Å². The van der Waals surface area contributed by atoms with Gasteiger partial charge in [-0.3, -0.25) is 9.59 Å². The summed E-state index contributed by atoms with van der Waals surface area (Å²) in [6.07, 6.45) is 13.5. The molecule has 1 N–H and O–H groups in total. The van der Waals surface area contributed by atoms with Crippen molar-refractivity contribution < 1.29 is 14.7 Å². The number of carboxylic acids is 1. The number of rotatable bonds is 15. The molecule has 0 bridgehead atoms. The van der Waals surface area contributed by atoms with Gasteiger partial charge in [-0.25, -0.2) is 0 Å². The predicted molar refractivity (Wildman–Crippen MR) is 104 cm³/mol. The summed E-state index contributed by atoms with van der Waals surface area (Å²) in [5.74, 6) is -0.419. The summed E-state index contributed by atoms with van der Waals surface area (Å²) in [5.41, 5.74) is 0. The Labute approximate surface area is 151 Å². The Morgan fingerprint density at radius 3 is 1.78 bits per heavy atom. The van der Waals surface area contributed by atoms with E-state index in [0.717, 1.165) is 24.6 Å². The molecule has 0 spiro atoms. The number of hydrogen-bond donors (Lipinski definition) is 2. The molecular weight excluding hydrogens is 328 g/mol. The van der Waals surface area contributed by atoms with Crippen LogP contribution in [0.25, 0.3) is 0 Å². The first-order valence-electron chi connectivity index (χ1n) is 9.12. The molecule has 136 valence electrons. The maximum absolute atomic E-state index is 12.1. The fourth-order valence-electron chi connectivity index (χ4n) is 2.53. The first kappa shape index (κ1) is 22.8. The Morgan fingerprint density at radius 2 is 1.35 bits per heavy atom. The maximum atomic E-state index is 12.1. The van der Waals surface area contributed by atoms with Crippen molar-refractivity contribution in [3.8, 4) is 0 Å². The van der Waals surface area contributed by atoms with Gasteiger partial charge in [-0.05, 0) is 12.8 Å². The van der Waals surface area contributed by atoms with E-state index in [1.165, 1.54) is 51.4 Å². The molecular formula is C18H34O3S2. The van der Waals surface area contributed by atoms with Crippen LogP contribution in [0.1, 0.15) is 90.9 Å². The van der Waals surface area contributed by atoms with Crippen molar-refractivity contribution in [2.75, 3.05) is 5.75 Å². The quantitative estimate of drug-likeness (QED) is 0.222. The van der Waals surface area contributed by atoms with E-state index >= 15 is 0 Å². The van der Waals surface area contributed by atoms with Gasteiger partial charge in [0.15, 0.2) is 4.75 Å². The molecule has 3 nitrogen and oxygen atoms in total. The van der Waals surface area contributed by atoms with Gasteiger partial charge in [0.1, 0.15) is 0 Å². The second-order valence-electron chi connectivity index (χ2n) is 6.23. The van der Waals surface area contributed by atoms with Crippen LogP contribution in [0.5, 0.6) is 0 Å². The molecule has 0 radical (unpaired) electrons. The topological polar surface area (TPSA) is 54.4 Å². The van der Waals surface area contributed by atoms with Gasteiger partial charge in [-0.1, -0.05) is 89.8 Å². The molecule has 0 heterocycles. The van der Waals surface area contributed by atoms with E-state index in [-0.39, 0.29) is 11.5 Å². The normalized spacial score (nSPS) is 13.7. The molecule has 0 aromatic rings. The SMILES string of the molecule is CCCCCCCCCCCCSC(=O)C(S)(CCC)C(=O)O. The highest BCUT2D eigenvalue weighted by Gasteiger charge is 2.41. The lowest BCUT2D eigenvalue weighted by Crippen LogP contribution is -2.39. The van der Waals surface area contributed by atoms with E-state index in [1.54, 1.807) is 0 Å². The van der Waals surface area contributed by atoms with Crippen LogP contribution < -0.4 is 0 Å². The summed E-state index contributed by atoms with van der Waals surface area (Å²) in [4.78, 5) is 23.3. The summed E-state index contributed by atoms with van der Waals surface area (Å²) in [6, 6.07) is 0. The van der Waals surface area contributed by atoms with Gasteiger partial charge >= 0.3 is 5.97 Å². The van der Waals surface area contributed by atoms with E-state index in [1.807, 2.05) is 6.92 Å². The van der Waals surface area contributed by atoms with Gasteiger partial charge in [0.05, 0.1) is 0 Å². The molecule has 0 aromatic carbocycles. The molecule has 1 unspecified atom stereocenters. The Bertz CT molecular complexity index is 334. The standard InChI is InChI=1S/C18H34O3S2/c1-3-5-6-7-8-9-10-11-12-13-15-23-17(21)18(22,14-4-2)16(19)20/h22H,3-15H2,1-2H3,(H,19,20). The first-order chi connectivity index (χ1) is 11.0. The molecule has 0 saturated carbocycles. The van der Waals surface area contributed by atoms with Crippen molar-refractivity contribution in [2.45, 2.75) is 95.6 Å². The molecule has 0 aliphatic rings. The fraction of sp³-hybridized carbons (Fsp3) is 0.889. The molecule has 0 aliphatic carbocycles. The third kappa shape index (κ3) is 10.3. The number of unbranched alkanes of at least 4 members (excludes halogenated alkanes) is 9. The van der Waals surface area contributed by atoms with Crippen LogP contribution >= 0.6 is 24.4 Å². The third-order valence-corrected chi connectivity index (χ3v) is 5.91. The second-order valence-corrected chi connectivity index (χ2v) is 8.06. The zero-order valence-corrected chi connectivity index (χ0v) is 16.5. The molecule has 0 amide bonds. The minimum atomic E-state index is -1.52. The number of hydrogen-bond acceptors (Lipinski definition) is 4. The number of thioether (sulfide) groups is 1. The Kier molecular flexibility index (Phi) is 14.1. The van der Waals surface area contributed by atoms with Gasteiger partial charge in [0, 0.05) is 5.75 Å². The van der Waals surface area contributed by atoms with Crippen LogP contribution in [0.15, 0.2) is 0 Å². The minimum Gasteiger partial charge on any atom is -0.480 e. The largest absolute Gasteiger partial charge is 0.480 e. The van der Waals surface area contributed by atoms with Gasteiger partial charge in [0.2, 0.25) is 5.12 Å². The van der Waals surface area contributed by atoms with E-state index in [2.05, 4.69) is 19.6 Å². The van der Waals surface area contributed by atoms with Crippen LogP contribution in [0, 0.1) is 0 Å². The van der Waals surface area contributed by atoms with Crippen molar-refractivity contribution in [1.82, 2.24) is 0 Å². The summed E-state index contributed by atoms with van der Waals surface area (Å²) in [5, 5.41) is 8.89. The van der Waals surface area contributed by atoms with Gasteiger partial charge in [-0.15, -0.1) is 0 Å². The van der Waals surface area contributed by atoms with Crippen LogP contribution in [-0.4, -0.2) is 26.7 Å². The first-order valence-corrected chi connectivity index (χ1v) is 10.5. The maximum Gasteiger partial charge on any atom is 0.328 e. The molecule has 0 aromatic heterocycles. The zero-order valence-electron chi connectivity index (χ0n) is 14.8. The monoisotopic (exact) mass is 362 g/mol. The highest BCUT2D eigenvalue weighted by Crippen LogP contribution is 2.29. The van der Waals surface area contributed by atoms with E-state index < -0.39 is 10.7 Å². The smallest absolute Gasteiger partial charge is 0.328 e. The lowest BCUT2D eigenvalue weighted by atomic mass is 10.1. The Balaban J connectivity index is 3.64. The van der Waals surface area contributed by atoms with Crippen molar-refractivity contribution in [3.63, 3.8) is 0 Å². The van der Waals surface area contributed by atoms with E-state index in [4.69, 9.17) is 0 Å². The number of carbonyl (C=O) groups excluding carboxylic acids is 1. The molecule has 5 heteroatoms. The number of thiol groups is 1. The van der Waals surface area contributed by atoms with Crippen molar-refractivity contribution in [1.29, 1.82) is 0 Å². The molecule has 0 aliphatic heterocycles. The Hall–Kier alpha value is -0.160. The highest BCUT2D eigenvalue weighted by molar-refractivity contribution is 8.15. The van der Waals surface area contributed by atoms with E-state index in [9.17, 15) is 14.7 Å². The fourth-order valence-corrected chi connectivity index (χ4v) is 3.91. The lowest BCUT2D eigenvalue weighted by Gasteiger charge is -2.20. The predicted octanol–water partition coefficient (Wildman–Crippen LogP) is 5.72. The minimum absolute atomic E-state index is 0.287. The van der Waals surface area contributed by atoms with Gasteiger partial charge in [0.25, 0.3) is 0 Å². The van der Waals surface area contributed by atoms with Crippen molar-refractivity contribution >= 4 is 35.5 Å². The third-order valence-electron chi connectivity index (χ3n) is 4.03. The van der Waals surface area contributed by atoms with Crippen LogP contribution in [-0.2, 0) is 9.59 Å². The average molecular weight is 363 g/mol. The molecule has 0 fully saturated rings. The summed E-state index contributed by atoms with van der Waals surface area (Å²) >= 11 is 5.26. The van der Waals surface area contributed by atoms with Crippen molar-refractivity contribution in [3.05, 3.63) is 0 Å². The van der Waals surface area contributed by atoms with Crippen molar-refractivity contribution in [2.24, 2.45) is 0 Å². The summed E-state index contributed by atoms with van der Waals surface area (Å²) < 4.78 is -1.52. The molecule has 0 saturated heterocycles. The number of carboxylic acid groups (broad SMARTS) is 1. The highest BCUT2D eigenvalue weighted by atomic mass is 32.2.